The van der Waals surface area contributed by atoms with Crippen LogP contribution in [0.2, 0.25) is 0 Å². The maximum absolute atomic E-state index is 12.3. The number of amides is 1. The molecule has 1 aromatic heterocycles. The lowest BCUT2D eigenvalue weighted by Crippen LogP contribution is -2.34. The summed E-state index contributed by atoms with van der Waals surface area (Å²) in [6, 6.07) is 15.8. The molecule has 0 spiro atoms. The van der Waals surface area contributed by atoms with E-state index in [1.165, 1.54) is 0 Å². The molecule has 0 aliphatic carbocycles. The predicted molar refractivity (Wildman–Crippen MR) is 114 cm³/mol. The van der Waals surface area contributed by atoms with E-state index in [9.17, 15) is 9.90 Å². The van der Waals surface area contributed by atoms with Crippen molar-refractivity contribution in [3.63, 3.8) is 0 Å². The lowest BCUT2D eigenvalue weighted by molar-refractivity contribution is 0.0977. The van der Waals surface area contributed by atoms with Gasteiger partial charge in [-0.1, -0.05) is 22.0 Å². The quantitative estimate of drug-likeness (QED) is 0.491. The molecule has 0 bridgehead atoms. The third-order valence-electron chi connectivity index (χ3n) is 3.85. The molecule has 1 amide bonds. The number of carbonyl (C=O) groups is 1. The Bertz CT molecular complexity index is 1020. The first-order valence-electron chi connectivity index (χ1n) is 8.26. The first-order chi connectivity index (χ1) is 13.5. The molecular formula is C20H17BrN2O4S. The second-order valence-electron chi connectivity index (χ2n) is 5.76. The highest BCUT2D eigenvalue weighted by Crippen LogP contribution is 2.33. The third kappa shape index (κ3) is 4.78. The number of hydrogen-bond donors (Lipinski definition) is 3. The third-order valence-corrected chi connectivity index (χ3v) is 4.55. The maximum Gasteiger partial charge on any atom is 0.257 e. The topological polar surface area (TPSA) is 83.7 Å². The summed E-state index contributed by atoms with van der Waals surface area (Å²) >= 11 is 8.58. The van der Waals surface area contributed by atoms with Gasteiger partial charge in [0.25, 0.3) is 5.91 Å². The minimum atomic E-state index is -0.314. The van der Waals surface area contributed by atoms with Crippen LogP contribution in [0, 0.1) is 0 Å². The second kappa shape index (κ2) is 9.01. The SMILES string of the molecule is COc1ccc(NC(=S)NC(=O)c2cccc(Br)c2)cc1-c1ccc(CO)o1. The van der Waals surface area contributed by atoms with E-state index < -0.39 is 0 Å². The van der Waals surface area contributed by atoms with Gasteiger partial charge in [0.1, 0.15) is 23.9 Å². The molecule has 0 unspecified atom stereocenters. The van der Waals surface area contributed by atoms with Crippen LogP contribution in [0.1, 0.15) is 16.1 Å². The summed E-state index contributed by atoms with van der Waals surface area (Å²) in [5.74, 6) is 1.29. The van der Waals surface area contributed by atoms with Gasteiger partial charge in [-0.15, -0.1) is 0 Å². The van der Waals surface area contributed by atoms with E-state index in [1.807, 2.05) is 6.07 Å². The number of aliphatic hydroxyl groups is 1. The Hall–Kier alpha value is -2.68. The molecule has 1 heterocycles. The molecule has 3 rings (SSSR count). The van der Waals surface area contributed by atoms with Gasteiger partial charge < -0.3 is 19.6 Å². The minimum absolute atomic E-state index is 0.164. The number of methoxy groups -OCH3 is 1. The molecule has 28 heavy (non-hydrogen) atoms. The highest BCUT2D eigenvalue weighted by molar-refractivity contribution is 9.10. The van der Waals surface area contributed by atoms with Crippen molar-refractivity contribution in [2.24, 2.45) is 0 Å². The molecule has 0 atom stereocenters. The van der Waals surface area contributed by atoms with Crippen molar-refractivity contribution in [2.75, 3.05) is 12.4 Å². The highest BCUT2D eigenvalue weighted by atomic mass is 79.9. The van der Waals surface area contributed by atoms with Gasteiger partial charge in [0, 0.05) is 15.7 Å². The Labute approximate surface area is 175 Å². The first-order valence-corrected chi connectivity index (χ1v) is 9.46. The Balaban J connectivity index is 1.75. The van der Waals surface area contributed by atoms with Gasteiger partial charge in [0.2, 0.25) is 0 Å². The van der Waals surface area contributed by atoms with E-state index in [1.54, 1.807) is 55.6 Å². The monoisotopic (exact) mass is 460 g/mol. The first kappa shape index (κ1) is 20.1. The summed E-state index contributed by atoms with van der Waals surface area (Å²) in [5.41, 5.74) is 1.83. The van der Waals surface area contributed by atoms with Crippen molar-refractivity contribution in [3.05, 3.63) is 70.4 Å². The summed E-state index contributed by atoms with van der Waals surface area (Å²) < 4.78 is 11.8. The lowest BCUT2D eigenvalue weighted by atomic mass is 10.1. The fourth-order valence-electron chi connectivity index (χ4n) is 2.55. The largest absolute Gasteiger partial charge is 0.496 e. The van der Waals surface area contributed by atoms with Crippen LogP contribution in [-0.2, 0) is 6.61 Å². The highest BCUT2D eigenvalue weighted by Gasteiger charge is 2.13. The van der Waals surface area contributed by atoms with Crippen LogP contribution < -0.4 is 15.4 Å². The van der Waals surface area contributed by atoms with Gasteiger partial charge in [-0.3, -0.25) is 10.1 Å². The number of carbonyl (C=O) groups excluding carboxylic acids is 1. The average molecular weight is 461 g/mol. The molecular weight excluding hydrogens is 444 g/mol. The molecule has 0 aliphatic heterocycles. The fraction of sp³-hybridized carbons (Fsp3) is 0.100. The van der Waals surface area contributed by atoms with E-state index in [0.29, 0.717) is 34.1 Å². The van der Waals surface area contributed by atoms with Gasteiger partial charge in [-0.25, -0.2) is 0 Å². The van der Waals surface area contributed by atoms with Gasteiger partial charge in [0.15, 0.2) is 5.11 Å². The fourth-order valence-corrected chi connectivity index (χ4v) is 3.16. The van der Waals surface area contributed by atoms with E-state index in [-0.39, 0.29) is 17.6 Å². The van der Waals surface area contributed by atoms with Crippen molar-refractivity contribution in [1.82, 2.24) is 5.32 Å². The molecule has 0 aliphatic rings. The molecule has 3 aromatic rings. The zero-order chi connectivity index (χ0) is 20.1. The molecule has 0 fully saturated rings. The van der Waals surface area contributed by atoms with Gasteiger partial charge >= 0.3 is 0 Å². The molecule has 3 N–H and O–H groups in total. The predicted octanol–water partition coefficient (Wildman–Crippen LogP) is 4.34. The van der Waals surface area contributed by atoms with Crippen molar-refractivity contribution in [3.8, 4) is 17.1 Å². The number of hydrogen-bond acceptors (Lipinski definition) is 5. The van der Waals surface area contributed by atoms with E-state index >= 15 is 0 Å². The minimum Gasteiger partial charge on any atom is -0.496 e. The Morgan fingerprint density at radius 1 is 1.21 bits per heavy atom. The molecule has 8 heteroatoms. The van der Waals surface area contributed by atoms with Gasteiger partial charge in [-0.2, -0.15) is 0 Å². The molecule has 6 nitrogen and oxygen atoms in total. The van der Waals surface area contributed by atoms with Crippen LogP contribution in [0.15, 0.2) is 63.5 Å². The van der Waals surface area contributed by atoms with Crippen molar-refractivity contribution in [2.45, 2.75) is 6.61 Å². The summed E-state index contributed by atoms with van der Waals surface area (Å²) in [5, 5.41) is 15.0. The molecule has 144 valence electrons. The van der Waals surface area contributed by atoms with Crippen LogP contribution in [0.5, 0.6) is 5.75 Å². The standard InChI is InChI=1S/C20H17BrN2O4S/c1-26-17-7-5-14(10-16(17)18-8-6-15(11-24)27-18)22-20(28)23-19(25)12-3-2-4-13(21)9-12/h2-10,24H,11H2,1H3,(H2,22,23,25,28). The van der Waals surface area contributed by atoms with E-state index in [2.05, 4.69) is 26.6 Å². The Morgan fingerprint density at radius 3 is 2.71 bits per heavy atom. The number of rotatable bonds is 5. The van der Waals surface area contributed by atoms with Crippen LogP contribution in [0.3, 0.4) is 0 Å². The maximum atomic E-state index is 12.3. The van der Waals surface area contributed by atoms with Crippen LogP contribution in [0.25, 0.3) is 11.3 Å². The zero-order valence-electron chi connectivity index (χ0n) is 14.9. The summed E-state index contributed by atoms with van der Waals surface area (Å²) in [6.45, 7) is -0.189. The van der Waals surface area contributed by atoms with Crippen LogP contribution >= 0.6 is 28.1 Å². The number of nitrogens with one attached hydrogen (secondary N) is 2. The van der Waals surface area contributed by atoms with Gasteiger partial charge in [-0.05, 0) is 60.7 Å². The van der Waals surface area contributed by atoms with E-state index in [0.717, 1.165) is 4.47 Å². The van der Waals surface area contributed by atoms with Crippen molar-refractivity contribution < 1.29 is 19.1 Å². The van der Waals surface area contributed by atoms with Gasteiger partial charge in [0.05, 0.1) is 12.7 Å². The number of furan rings is 1. The van der Waals surface area contributed by atoms with Crippen LogP contribution in [-0.4, -0.2) is 23.2 Å². The second-order valence-corrected chi connectivity index (χ2v) is 7.08. The molecule has 0 saturated carbocycles. The number of halogens is 1. The van der Waals surface area contributed by atoms with E-state index in [4.69, 9.17) is 21.4 Å². The zero-order valence-corrected chi connectivity index (χ0v) is 17.3. The number of benzene rings is 2. The van der Waals surface area contributed by atoms with Crippen LogP contribution in [0.4, 0.5) is 5.69 Å². The summed E-state index contributed by atoms with van der Waals surface area (Å²) in [6.07, 6.45) is 0. The Morgan fingerprint density at radius 2 is 2.04 bits per heavy atom. The van der Waals surface area contributed by atoms with Crippen molar-refractivity contribution >= 4 is 44.9 Å². The number of thiocarbonyl (C=S) groups is 1. The smallest absolute Gasteiger partial charge is 0.257 e. The number of ether oxygens (including phenoxy) is 1. The number of anilines is 1. The average Bonchev–Trinajstić information content (AvgIpc) is 3.17. The summed E-state index contributed by atoms with van der Waals surface area (Å²) in [7, 11) is 1.56. The Kier molecular flexibility index (Phi) is 6.45. The molecule has 2 aromatic carbocycles. The summed E-state index contributed by atoms with van der Waals surface area (Å²) in [4.78, 5) is 12.3. The number of aliphatic hydroxyl groups excluding tert-OH is 1. The molecule has 0 saturated heterocycles. The lowest BCUT2D eigenvalue weighted by Gasteiger charge is -2.12. The normalized spacial score (nSPS) is 10.4. The van der Waals surface area contributed by atoms with Crippen molar-refractivity contribution in [1.29, 1.82) is 0 Å². The molecule has 0 radical (unpaired) electrons.